The van der Waals surface area contributed by atoms with Crippen molar-refractivity contribution in [2.75, 3.05) is 5.75 Å². The SMILES string of the molecule is O=C(CSc1nc2ccccc2c(=O)n1CCC1=CCCCC1)c1ccc(C2CCCCC2)cc1. The lowest BCUT2D eigenvalue weighted by atomic mass is 9.84. The standard InChI is InChI=1S/C30H34N2O2S/c33-28(25-17-15-24(16-18-25)23-11-5-2-6-12-23)21-35-30-31-27-14-8-7-13-26(27)29(34)32(30)20-19-22-9-3-1-4-10-22/h7-9,13-18,23H,1-6,10-12,19-21H2. The van der Waals surface area contributed by atoms with Crippen molar-refractivity contribution >= 4 is 28.4 Å². The Balaban J connectivity index is 1.32. The molecule has 1 heterocycles. The van der Waals surface area contributed by atoms with Crippen LogP contribution in [0.2, 0.25) is 0 Å². The van der Waals surface area contributed by atoms with E-state index in [9.17, 15) is 9.59 Å². The molecule has 3 aromatic rings. The molecule has 35 heavy (non-hydrogen) atoms. The highest BCUT2D eigenvalue weighted by Crippen LogP contribution is 2.32. The Labute approximate surface area is 211 Å². The van der Waals surface area contributed by atoms with Gasteiger partial charge in [0.25, 0.3) is 5.56 Å². The van der Waals surface area contributed by atoms with Gasteiger partial charge in [-0.05, 0) is 68.6 Å². The molecule has 5 rings (SSSR count). The number of hydrogen-bond donors (Lipinski definition) is 0. The molecule has 1 saturated carbocycles. The number of nitrogens with zero attached hydrogens (tertiary/aromatic N) is 2. The lowest BCUT2D eigenvalue weighted by Crippen LogP contribution is -2.24. The van der Waals surface area contributed by atoms with E-state index in [-0.39, 0.29) is 17.1 Å². The third-order valence-electron chi connectivity index (χ3n) is 7.51. The van der Waals surface area contributed by atoms with Crippen LogP contribution in [0.15, 0.2) is 70.1 Å². The predicted molar refractivity (Wildman–Crippen MR) is 144 cm³/mol. The molecule has 1 fully saturated rings. The van der Waals surface area contributed by atoms with Crippen LogP contribution in [0.3, 0.4) is 0 Å². The van der Waals surface area contributed by atoms with E-state index in [4.69, 9.17) is 4.98 Å². The molecule has 0 unspecified atom stereocenters. The summed E-state index contributed by atoms with van der Waals surface area (Å²) in [5.41, 5.74) is 4.20. The maximum Gasteiger partial charge on any atom is 0.262 e. The van der Waals surface area contributed by atoms with E-state index in [1.807, 2.05) is 36.4 Å². The lowest BCUT2D eigenvalue weighted by Gasteiger charge is -2.22. The molecule has 0 bridgehead atoms. The number of hydrogen-bond acceptors (Lipinski definition) is 4. The third-order valence-corrected chi connectivity index (χ3v) is 8.49. The predicted octanol–water partition coefficient (Wildman–Crippen LogP) is 7.31. The monoisotopic (exact) mass is 486 g/mol. The van der Waals surface area contributed by atoms with Crippen molar-refractivity contribution in [3.05, 3.63) is 81.7 Å². The van der Waals surface area contributed by atoms with E-state index in [2.05, 4.69) is 18.2 Å². The minimum atomic E-state index is -0.0150. The number of aromatic nitrogens is 2. The summed E-state index contributed by atoms with van der Waals surface area (Å²) < 4.78 is 1.78. The van der Waals surface area contributed by atoms with Gasteiger partial charge >= 0.3 is 0 Å². The Kier molecular flexibility index (Phi) is 7.82. The van der Waals surface area contributed by atoms with Gasteiger partial charge in [0.2, 0.25) is 0 Å². The molecule has 5 heteroatoms. The Morgan fingerprint density at radius 2 is 1.77 bits per heavy atom. The number of benzene rings is 2. The average Bonchev–Trinajstić information content (AvgIpc) is 2.92. The first-order valence-electron chi connectivity index (χ1n) is 13.1. The molecule has 0 spiro atoms. The Morgan fingerprint density at radius 3 is 2.54 bits per heavy atom. The van der Waals surface area contributed by atoms with Gasteiger partial charge in [-0.15, -0.1) is 0 Å². The van der Waals surface area contributed by atoms with Crippen molar-refractivity contribution in [1.82, 2.24) is 9.55 Å². The first-order valence-corrected chi connectivity index (χ1v) is 14.1. The second-order valence-corrected chi connectivity index (χ2v) is 10.8. The summed E-state index contributed by atoms with van der Waals surface area (Å²) in [4.78, 5) is 31.2. The van der Waals surface area contributed by atoms with Crippen molar-refractivity contribution in [2.45, 2.75) is 81.8 Å². The van der Waals surface area contributed by atoms with Crippen LogP contribution in [0.1, 0.15) is 86.0 Å². The normalized spacial score (nSPS) is 16.9. The molecule has 2 aliphatic carbocycles. The van der Waals surface area contributed by atoms with Gasteiger partial charge in [0.05, 0.1) is 16.7 Å². The molecule has 0 atom stereocenters. The van der Waals surface area contributed by atoms with Crippen LogP contribution in [0.25, 0.3) is 10.9 Å². The molecule has 2 aromatic carbocycles. The summed E-state index contributed by atoms with van der Waals surface area (Å²) in [5, 5.41) is 1.27. The van der Waals surface area contributed by atoms with Gasteiger partial charge in [0.1, 0.15) is 0 Å². The number of Topliss-reactive ketones (excluding diaryl/α,β-unsaturated/α-hetero) is 1. The van der Waals surface area contributed by atoms with Crippen LogP contribution in [-0.4, -0.2) is 21.1 Å². The van der Waals surface area contributed by atoms with Gasteiger partial charge in [-0.25, -0.2) is 4.98 Å². The molecule has 2 aliphatic rings. The van der Waals surface area contributed by atoms with Crippen LogP contribution < -0.4 is 5.56 Å². The minimum absolute atomic E-state index is 0.0150. The molecular weight excluding hydrogens is 452 g/mol. The zero-order valence-electron chi connectivity index (χ0n) is 20.4. The van der Waals surface area contributed by atoms with Gasteiger partial charge in [-0.3, -0.25) is 14.2 Å². The average molecular weight is 487 g/mol. The smallest absolute Gasteiger partial charge is 0.262 e. The van der Waals surface area contributed by atoms with Crippen LogP contribution in [0.4, 0.5) is 0 Å². The van der Waals surface area contributed by atoms with E-state index in [0.29, 0.717) is 28.5 Å². The Morgan fingerprint density at radius 1 is 0.971 bits per heavy atom. The quantitative estimate of drug-likeness (QED) is 0.145. The van der Waals surface area contributed by atoms with E-state index >= 15 is 0 Å². The van der Waals surface area contributed by atoms with Gasteiger partial charge in [0, 0.05) is 12.1 Å². The topological polar surface area (TPSA) is 52.0 Å². The number of carbonyl (C=O) groups excluding carboxylic acids is 1. The highest BCUT2D eigenvalue weighted by Gasteiger charge is 2.17. The number of ketones is 1. The fourth-order valence-corrected chi connectivity index (χ4v) is 6.35. The third kappa shape index (κ3) is 5.78. The number of para-hydroxylation sites is 1. The fourth-order valence-electron chi connectivity index (χ4n) is 5.43. The summed E-state index contributed by atoms with van der Waals surface area (Å²) in [7, 11) is 0. The molecule has 0 radical (unpaired) electrons. The molecule has 0 saturated heterocycles. The fraction of sp³-hybridized carbons (Fsp3) is 0.433. The van der Waals surface area contributed by atoms with E-state index < -0.39 is 0 Å². The molecule has 0 N–H and O–H groups in total. The van der Waals surface area contributed by atoms with Gasteiger partial charge in [0.15, 0.2) is 10.9 Å². The van der Waals surface area contributed by atoms with Crippen LogP contribution in [0, 0.1) is 0 Å². The van der Waals surface area contributed by atoms with E-state index in [0.717, 1.165) is 24.8 Å². The van der Waals surface area contributed by atoms with Gasteiger partial charge in [-0.1, -0.05) is 79.1 Å². The Hall–Kier alpha value is -2.66. The first-order chi connectivity index (χ1) is 17.2. The molecule has 1 aromatic heterocycles. The number of thioether (sulfide) groups is 1. The molecule has 182 valence electrons. The number of allylic oxidation sites excluding steroid dienone is 2. The number of carbonyl (C=O) groups is 1. The molecule has 0 aliphatic heterocycles. The minimum Gasteiger partial charge on any atom is -0.293 e. The lowest BCUT2D eigenvalue weighted by molar-refractivity contribution is 0.102. The zero-order valence-corrected chi connectivity index (χ0v) is 21.2. The summed E-state index contributed by atoms with van der Waals surface area (Å²) in [6.07, 6.45) is 14.4. The maximum atomic E-state index is 13.3. The van der Waals surface area contributed by atoms with Crippen LogP contribution in [0.5, 0.6) is 0 Å². The van der Waals surface area contributed by atoms with Gasteiger partial charge < -0.3 is 0 Å². The highest BCUT2D eigenvalue weighted by atomic mass is 32.2. The summed E-state index contributed by atoms with van der Waals surface area (Å²) >= 11 is 1.38. The number of fused-ring (bicyclic) bond motifs is 1. The van der Waals surface area contributed by atoms with Gasteiger partial charge in [-0.2, -0.15) is 0 Å². The molecule has 0 amide bonds. The largest absolute Gasteiger partial charge is 0.293 e. The van der Waals surface area contributed by atoms with Crippen LogP contribution in [-0.2, 0) is 6.54 Å². The van der Waals surface area contributed by atoms with Crippen molar-refractivity contribution in [1.29, 1.82) is 0 Å². The second-order valence-electron chi connectivity index (χ2n) is 9.90. The summed E-state index contributed by atoms with van der Waals surface area (Å²) in [6, 6.07) is 15.7. The second kappa shape index (κ2) is 11.4. The van der Waals surface area contributed by atoms with Crippen molar-refractivity contribution in [3.63, 3.8) is 0 Å². The highest BCUT2D eigenvalue weighted by molar-refractivity contribution is 7.99. The first kappa shape index (κ1) is 24.1. The van der Waals surface area contributed by atoms with Crippen molar-refractivity contribution in [3.8, 4) is 0 Å². The summed E-state index contributed by atoms with van der Waals surface area (Å²) in [5.74, 6) is 0.989. The van der Waals surface area contributed by atoms with Crippen LogP contribution >= 0.6 is 11.8 Å². The molecule has 4 nitrogen and oxygen atoms in total. The molecular formula is C30H34N2O2S. The van der Waals surface area contributed by atoms with Crippen molar-refractivity contribution < 1.29 is 4.79 Å². The van der Waals surface area contributed by atoms with Crippen molar-refractivity contribution in [2.24, 2.45) is 0 Å². The van der Waals surface area contributed by atoms with E-state index in [1.165, 1.54) is 67.8 Å². The Bertz CT molecular complexity index is 1270. The zero-order chi connectivity index (χ0) is 24.0. The number of rotatable bonds is 8. The van der Waals surface area contributed by atoms with E-state index in [1.54, 1.807) is 4.57 Å². The summed E-state index contributed by atoms with van der Waals surface area (Å²) in [6.45, 7) is 0.606. The maximum absolute atomic E-state index is 13.3.